The Morgan fingerprint density at radius 2 is 1.65 bits per heavy atom. The largest absolute Gasteiger partial charge is 0.473 e. The van der Waals surface area contributed by atoms with E-state index in [4.69, 9.17) is 19.2 Å². The molecule has 0 saturated heterocycles. The van der Waals surface area contributed by atoms with Gasteiger partial charge >= 0.3 is 12.1 Å². The quantitative estimate of drug-likeness (QED) is 0.123. The van der Waals surface area contributed by atoms with Crippen LogP contribution in [0.25, 0.3) is 5.65 Å². The number of hydrogen-bond donors (Lipinski definition) is 1. The van der Waals surface area contributed by atoms with Crippen LogP contribution in [-0.2, 0) is 29.1 Å². The molecule has 1 unspecified atom stereocenters. The highest BCUT2D eigenvalue weighted by molar-refractivity contribution is 9.10. The zero-order chi connectivity index (χ0) is 36.7. The number of rotatable bonds is 13. The van der Waals surface area contributed by atoms with Crippen molar-refractivity contribution in [3.63, 3.8) is 0 Å². The number of methoxy groups -OCH3 is 1. The van der Waals surface area contributed by atoms with Crippen molar-refractivity contribution in [2.75, 3.05) is 30.9 Å². The number of benzene rings is 2. The van der Waals surface area contributed by atoms with E-state index in [0.717, 1.165) is 17.3 Å². The van der Waals surface area contributed by atoms with E-state index in [1.165, 1.54) is 24.3 Å². The summed E-state index contributed by atoms with van der Waals surface area (Å²) in [4.78, 5) is 37.9. The first-order chi connectivity index (χ1) is 24.3. The number of hydrogen-bond acceptors (Lipinski definition) is 10. The van der Waals surface area contributed by atoms with Crippen LogP contribution in [-0.4, -0.2) is 69.0 Å². The summed E-state index contributed by atoms with van der Waals surface area (Å²) < 4.78 is 33.3. The van der Waals surface area contributed by atoms with Gasteiger partial charge in [-0.3, -0.25) is 0 Å². The summed E-state index contributed by atoms with van der Waals surface area (Å²) in [6.07, 6.45) is 1.50. The molecule has 3 aromatic heterocycles. The van der Waals surface area contributed by atoms with Gasteiger partial charge in [0, 0.05) is 32.2 Å². The molecule has 1 atom stereocenters. The summed E-state index contributed by atoms with van der Waals surface area (Å²) in [6, 6.07) is 21.3. The minimum Gasteiger partial charge on any atom is -0.473 e. The number of pyridine rings is 1. The van der Waals surface area contributed by atoms with E-state index in [0.29, 0.717) is 34.8 Å². The van der Waals surface area contributed by atoms with Crippen LogP contribution >= 0.6 is 15.9 Å². The Morgan fingerprint density at radius 1 is 1.02 bits per heavy atom. The molecule has 14 heteroatoms. The number of carbonyl (C=O) groups excluding carboxylic acids is 2. The molecular formula is C37H41BrFN7O5. The number of halogens is 2. The van der Waals surface area contributed by atoms with Crippen LogP contribution in [0.15, 0.2) is 83.6 Å². The van der Waals surface area contributed by atoms with E-state index in [1.807, 2.05) is 60.7 Å². The van der Waals surface area contributed by atoms with Gasteiger partial charge in [-0.25, -0.2) is 23.9 Å². The normalized spacial score (nSPS) is 11.9. The Hall–Kier alpha value is -5.24. The first kappa shape index (κ1) is 37.0. The third kappa shape index (κ3) is 9.51. The average molecular weight is 763 g/mol. The molecule has 0 radical (unpaired) electrons. The standard InChI is InChI=1S/C37H41BrFN7O5/c1-24(21-44(5)36(48)51-37(2,3)4)50-33-27(17-28(39)19-41-33)18-40-31-30(38)34(46-32(43-31)29(20-42-46)35(47)49-6)45(22-25-13-9-7-10-14-25)23-26-15-11-8-12-16-26/h7-17,19-20,24H,18,21-23H2,1-6H3,(H,40,43). The molecule has 0 fully saturated rings. The van der Waals surface area contributed by atoms with Crippen molar-refractivity contribution >= 4 is 45.3 Å². The lowest BCUT2D eigenvalue weighted by Gasteiger charge is -2.28. The molecular weight excluding hydrogens is 721 g/mol. The van der Waals surface area contributed by atoms with Crippen molar-refractivity contribution in [1.82, 2.24) is 24.5 Å². The van der Waals surface area contributed by atoms with Gasteiger partial charge in [-0.05, 0) is 60.8 Å². The lowest BCUT2D eigenvalue weighted by molar-refractivity contribution is 0.0234. The van der Waals surface area contributed by atoms with Gasteiger partial charge in [0.25, 0.3) is 0 Å². The van der Waals surface area contributed by atoms with Crippen molar-refractivity contribution in [1.29, 1.82) is 0 Å². The Balaban J connectivity index is 1.49. The number of fused-ring (bicyclic) bond motifs is 1. The number of nitrogens with zero attached hydrogens (tertiary/aromatic N) is 6. The van der Waals surface area contributed by atoms with Crippen LogP contribution in [0.4, 0.5) is 20.8 Å². The fraction of sp³-hybridized carbons (Fsp3) is 0.324. The van der Waals surface area contributed by atoms with Crippen molar-refractivity contribution < 1.29 is 28.2 Å². The van der Waals surface area contributed by atoms with E-state index in [9.17, 15) is 14.0 Å². The average Bonchev–Trinajstić information content (AvgIpc) is 3.51. The van der Waals surface area contributed by atoms with E-state index in [2.05, 4.69) is 36.2 Å². The number of amides is 1. The first-order valence-electron chi connectivity index (χ1n) is 16.3. The van der Waals surface area contributed by atoms with E-state index < -0.39 is 29.6 Å². The highest BCUT2D eigenvalue weighted by Gasteiger charge is 2.26. The molecule has 0 spiro atoms. The molecule has 51 heavy (non-hydrogen) atoms. The van der Waals surface area contributed by atoms with Crippen LogP contribution in [0.1, 0.15) is 54.7 Å². The van der Waals surface area contributed by atoms with Gasteiger partial charge in [0.05, 0.1) is 26.0 Å². The number of ether oxygens (including phenoxy) is 3. The lowest BCUT2D eigenvalue weighted by atomic mass is 10.1. The molecule has 268 valence electrons. The molecule has 0 aliphatic rings. The second-order valence-electron chi connectivity index (χ2n) is 13.0. The monoisotopic (exact) mass is 761 g/mol. The van der Waals surface area contributed by atoms with E-state index in [1.54, 1.807) is 39.3 Å². The number of likely N-dealkylation sites (N-methyl/N-ethyl adjacent to an activating group) is 1. The maximum Gasteiger partial charge on any atom is 0.410 e. The summed E-state index contributed by atoms with van der Waals surface area (Å²) >= 11 is 3.79. The number of esters is 1. The van der Waals surface area contributed by atoms with Crippen LogP contribution in [0.2, 0.25) is 0 Å². The summed E-state index contributed by atoms with van der Waals surface area (Å²) in [7, 11) is 2.91. The highest BCUT2D eigenvalue weighted by atomic mass is 79.9. The highest BCUT2D eigenvalue weighted by Crippen LogP contribution is 2.36. The molecule has 1 amide bonds. The van der Waals surface area contributed by atoms with Gasteiger partial charge in [0.1, 0.15) is 33.4 Å². The Labute approximate surface area is 304 Å². The summed E-state index contributed by atoms with van der Waals surface area (Å²) in [6.45, 7) is 8.41. The van der Waals surface area contributed by atoms with Gasteiger partial charge in [-0.1, -0.05) is 60.7 Å². The van der Waals surface area contributed by atoms with E-state index >= 15 is 0 Å². The molecule has 5 aromatic rings. The van der Waals surface area contributed by atoms with Gasteiger partial charge in [0.2, 0.25) is 5.88 Å². The fourth-order valence-electron chi connectivity index (χ4n) is 5.32. The van der Waals surface area contributed by atoms with Crippen LogP contribution in [0, 0.1) is 5.82 Å². The topological polar surface area (TPSA) is 123 Å². The van der Waals surface area contributed by atoms with E-state index in [-0.39, 0.29) is 30.2 Å². The third-order valence-corrected chi connectivity index (χ3v) is 8.32. The SMILES string of the molecule is COC(=O)c1cnn2c(N(Cc3ccccc3)Cc3ccccc3)c(Br)c(NCc3cc(F)cnc3OC(C)CN(C)C(=O)OC(C)(C)C)nc12. The fourth-order valence-corrected chi connectivity index (χ4v) is 5.97. The van der Waals surface area contributed by atoms with Crippen LogP contribution in [0.3, 0.4) is 0 Å². The summed E-state index contributed by atoms with van der Waals surface area (Å²) in [5.41, 5.74) is 2.31. The lowest BCUT2D eigenvalue weighted by Crippen LogP contribution is -2.39. The van der Waals surface area contributed by atoms with Gasteiger partial charge in [-0.15, -0.1) is 0 Å². The molecule has 5 rings (SSSR count). The molecule has 12 nitrogen and oxygen atoms in total. The Morgan fingerprint density at radius 3 is 2.24 bits per heavy atom. The van der Waals surface area contributed by atoms with Gasteiger partial charge in [-0.2, -0.15) is 9.61 Å². The zero-order valence-corrected chi connectivity index (χ0v) is 31.0. The molecule has 0 aliphatic carbocycles. The number of aromatic nitrogens is 4. The molecule has 0 saturated carbocycles. The summed E-state index contributed by atoms with van der Waals surface area (Å²) in [5.74, 6) is 0.0206. The summed E-state index contributed by atoms with van der Waals surface area (Å²) in [5, 5.41) is 7.86. The zero-order valence-electron chi connectivity index (χ0n) is 29.4. The predicted molar refractivity (Wildman–Crippen MR) is 195 cm³/mol. The Kier molecular flexibility index (Phi) is 11.8. The second-order valence-corrected chi connectivity index (χ2v) is 13.8. The van der Waals surface area contributed by atoms with Gasteiger partial charge in [0.15, 0.2) is 11.5 Å². The number of carbonyl (C=O) groups is 2. The first-order valence-corrected chi connectivity index (χ1v) is 17.1. The molecule has 1 N–H and O–H groups in total. The van der Waals surface area contributed by atoms with Crippen molar-refractivity contribution in [3.8, 4) is 5.88 Å². The van der Waals surface area contributed by atoms with Crippen LogP contribution in [0.5, 0.6) is 5.88 Å². The van der Waals surface area contributed by atoms with Crippen molar-refractivity contribution in [2.24, 2.45) is 0 Å². The molecule has 2 aromatic carbocycles. The maximum atomic E-state index is 14.6. The van der Waals surface area contributed by atoms with Crippen molar-refractivity contribution in [2.45, 2.75) is 59.0 Å². The molecule has 0 bridgehead atoms. The van der Waals surface area contributed by atoms with Crippen LogP contribution < -0.4 is 15.0 Å². The molecule has 0 aliphatic heterocycles. The van der Waals surface area contributed by atoms with Gasteiger partial charge < -0.3 is 29.3 Å². The minimum atomic E-state index is -0.646. The number of anilines is 2. The predicted octanol–water partition coefficient (Wildman–Crippen LogP) is 7.27. The second kappa shape index (κ2) is 16.2. The number of nitrogens with one attached hydrogen (secondary N) is 1. The smallest absolute Gasteiger partial charge is 0.410 e. The van der Waals surface area contributed by atoms with Crippen molar-refractivity contribution in [3.05, 3.63) is 112 Å². The minimum absolute atomic E-state index is 0.0506. The Bertz CT molecular complexity index is 1930. The maximum absolute atomic E-state index is 14.6. The molecule has 3 heterocycles. The third-order valence-electron chi connectivity index (χ3n) is 7.59.